The monoisotopic (exact) mass is 350 g/mol. The van der Waals surface area contributed by atoms with Gasteiger partial charge in [-0.3, -0.25) is 24.2 Å². The molecule has 0 saturated carbocycles. The van der Waals surface area contributed by atoms with Crippen molar-refractivity contribution in [1.82, 2.24) is 9.80 Å². The summed E-state index contributed by atoms with van der Waals surface area (Å²) in [6.07, 6.45) is 0. The Labute approximate surface area is 151 Å². The Bertz CT molecular complexity index is 785. The summed E-state index contributed by atoms with van der Waals surface area (Å²) in [5, 5.41) is 0. The molecule has 4 amide bonds. The SMILES string of the molecule is CC(=O)C1C(=O)N(Cc2ccccc2)C(=O)N(Cc2ccccc2)C1=O. The summed E-state index contributed by atoms with van der Waals surface area (Å²) >= 11 is 0. The number of hydrogen-bond acceptors (Lipinski definition) is 4. The predicted octanol–water partition coefficient (Wildman–Crippen LogP) is 2.38. The van der Waals surface area contributed by atoms with Crippen LogP contribution in [0.2, 0.25) is 0 Å². The molecule has 2 aromatic carbocycles. The van der Waals surface area contributed by atoms with Gasteiger partial charge >= 0.3 is 6.03 Å². The molecule has 6 heteroatoms. The van der Waals surface area contributed by atoms with Crippen molar-refractivity contribution in [1.29, 1.82) is 0 Å². The van der Waals surface area contributed by atoms with Crippen molar-refractivity contribution in [3.8, 4) is 0 Å². The smallest absolute Gasteiger partial charge is 0.299 e. The zero-order chi connectivity index (χ0) is 18.7. The second kappa shape index (κ2) is 7.31. The fraction of sp³-hybridized carbons (Fsp3) is 0.200. The first-order chi connectivity index (χ1) is 12.5. The summed E-state index contributed by atoms with van der Waals surface area (Å²) < 4.78 is 0. The van der Waals surface area contributed by atoms with Gasteiger partial charge in [0.25, 0.3) is 11.8 Å². The van der Waals surface area contributed by atoms with Crippen molar-refractivity contribution in [2.75, 3.05) is 0 Å². The number of nitrogens with zero attached hydrogens (tertiary/aromatic N) is 2. The molecule has 6 nitrogen and oxygen atoms in total. The molecule has 132 valence electrons. The molecule has 1 fully saturated rings. The van der Waals surface area contributed by atoms with Crippen LogP contribution in [-0.2, 0) is 27.5 Å². The molecule has 0 spiro atoms. The average Bonchev–Trinajstić information content (AvgIpc) is 2.64. The Morgan fingerprint density at radius 2 is 1.15 bits per heavy atom. The summed E-state index contributed by atoms with van der Waals surface area (Å²) in [6, 6.07) is 17.2. The molecule has 0 atom stereocenters. The van der Waals surface area contributed by atoms with Gasteiger partial charge in [0.05, 0.1) is 13.1 Å². The topological polar surface area (TPSA) is 74.8 Å². The van der Waals surface area contributed by atoms with Gasteiger partial charge < -0.3 is 0 Å². The van der Waals surface area contributed by atoms with Crippen LogP contribution in [0.3, 0.4) is 0 Å². The molecule has 2 aromatic rings. The Morgan fingerprint density at radius 3 is 1.50 bits per heavy atom. The largest absolute Gasteiger partial charge is 0.334 e. The van der Waals surface area contributed by atoms with Gasteiger partial charge in [-0.1, -0.05) is 60.7 Å². The molecule has 3 rings (SSSR count). The lowest BCUT2D eigenvalue weighted by molar-refractivity contribution is -0.153. The van der Waals surface area contributed by atoms with Crippen LogP contribution < -0.4 is 0 Å². The van der Waals surface area contributed by atoms with Crippen LogP contribution in [0.4, 0.5) is 4.79 Å². The normalized spacial score (nSPS) is 15.5. The van der Waals surface area contributed by atoms with Crippen LogP contribution in [-0.4, -0.2) is 33.4 Å². The Hall–Kier alpha value is -3.28. The van der Waals surface area contributed by atoms with Crippen LogP contribution in [0.25, 0.3) is 0 Å². The summed E-state index contributed by atoms with van der Waals surface area (Å²) in [4.78, 5) is 51.9. The lowest BCUT2D eigenvalue weighted by atomic mass is 9.98. The molecule has 1 saturated heterocycles. The van der Waals surface area contributed by atoms with Gasteiger partial charge in [0.15, 0.2) is 11.7 Å². The quantitative estimate of drug-likeness (QED) is 0.776. The first-order valence-electron chi connectivity index (χ1n) is 8.24. The maximum Gasteiger partial charge on any atom is 0.334 e. The zero-order valence-corrected chi connectivity index (χ0v) is 14.3. The lowest BCUT2D eigenvalue weighted by Crippen LogP contribution is -2.60. The highest BCUT2D eigenvalue weighted by atomic mass is 16.2. The number of barbiturate groups is 1. The maximum atomic E-state index is 12.8. The van der Waals surface area contributed by atoms with Gasteiger partial charge in [0, 0.05) is 0 Å². The number of rotatable bonds is 5. The molecular weight excluding hydrogens is 332 g/mol. The highest BCUT2D eigenvalue weighted by Gasteiger charge is 2.47. The fourth-order valence-electron chi connectivity index (χ4n) is 2.92. The van der Waals surface area contributed by atoms with E-state index in [1.165, 1.54) is 6.92 Å². The van der Waals surface area contributed by atoms with E-state index in [9.17, 15) is 19.2 Å². The highest BCUT2D eigenvalue weighted by molar-refractivity contribution is 6.26. The molecule has 1 aliphatic heterocycles. The maximum absolute atomic E-state index is 12.8. The van der Waals surface area contributed by atoms with E-state index >= 15 is 0 Å². The zero-order valence-electron chi connectivity index (χ0n) is 14.3. The minimum Gasteiger partial charge on any atom is -0.299 e. The molecule has 0 aliphatic carbocycles. The number of urea groups is 1. The summed E-state index contributed by atoms with van der Waals surface area (Å²) in [6.45, 7) is 1.22. The third-order valence-electron chi connectivity index (χ3n) is 4.26. The number of imide groups is 2. The van der Waals surface area contributed by atoms with Gasteiger partial charge in [-0.25, -0.2) is 4.79 Å². The number of ketones is 1. The van der Waals surface area contributed by atoms with E-state index in [1.54, 1.807) is 48.5 Å². The highest BCUT2D eigenvalue weighted by Crippen LogP contribution is 2.23. The van der Waals surface area contributed by atoms with E-state index in [-0.39, 0.29) is 13.1 Å². The van der Waals surface area contributed by atoms with Crippen LogP contribution in [0, 0.1) is 5.92 Å². The predicted molar refractivity (Wildman–Crippen MR) is 93.6 cm³/mol. The van der Waals surface area contributed by atoms with Crippen molar-refractivity contribution < 1.29 is 19.2 Å². The van der Waals surface area contributed by atoms with Gasteiger partial charge in [-0.15, -0.1) is 0 Å². The molecule has 1 aliphatic rings. The number of carbonyl (C=O) groups is 4. The minimum atomic E-state index is -1.47. The van der Waals surface area contributed by atoms with Crippen molar-refractivity contribution in [3.63, 3.8) is 0 Å². The Morgan fingerprint density at radius 1 is 0.769 bits per heavy atom. The van der Waals surface area contributed by atoms with Crippen molar-refractivity contribution >= 4 is 23.6 Å². The van der Waals surface area contributed by atoms with Crippen molar-refractivity contribution in [2.45, 2.75) is 20.0 Å². The molecular formula is C20H18N2O4. The standard InChI is InChI=1S/C20H18N2O4/c1-14(23)17-18(24)21(12-15-8-4-2-5-9-15)20(26)22(19(17)25)13-16-10-6-3-7-11-16/h2-11,17H,12-13H2,1H3. The third kappa shape index (κ3) is 3.39. The lowest BCUT2D eigenvalue weighted by Gasteiger charge is -2.36. The van der Waals surface area contributed by atoms with E-state index in [1.807, 2.05) is 12.1 Å². The summed E-state index contributed by atoms with van der Waals surface area (Å²) in [7, 11) is 0. The van der Waals surface area contributed by atoms with Gasteiger partial charge in [-0.2, -0.15) is 0 Å². The van der Waals surface area contributed by atoms with Gasteiger partial charge in [0.2, 0.25) is 0 Å². The molecule has 26 heavy (non-hydrogen) atoms. The van der Waals surface area contributed by atoms with E-state index in [4.69, 9.17) is 0 Å². The summed E-state index contributed by atoms with van der Waals surface area (Å²) in [5.41, 5.74) is 1.48. The minimum absolute atomic E-state index is 0.0147. The van der Waals surface area contributed by atoms with E-state index in [0.29, 0.717) is 0 Å². The number of hydrogen-bond donors (Lipinski definition) is 0. The molecule has 0 aromatic heterocycles. The fourth-order valence-corrected chi connectivity index (χ4v) is 2.92. The second-order valence-corrected chi connectivity index (χ2v) is 6.15. The first kappa shape index (κ1) is 17.5. The number of Topliss-reactive ketones (excluding diaryl/α,β-unsaturated/α-hetero) is 1. The van der Waals surface area contributed by atoms with E-state index < -0.39 is 29.5 Å². The van der Waals surface area contributed by atoms with Crippen molar-refractivity contribution in [2.24, 2.45) is 5.92 Å². The molecule has 1 heterocycles. The first-order valence-corrected chi connectivity index (χ1v) is 8.24. The molecule has 0 unspecified atom stereocenters. The number of benzene rings is 2. The second-order valence-electron chi connectivity index (χ2n) is 6.15. The van der Waals surface area contributed by atoms with Crippen LogP contribution in [0.5, 0.6) is 0 Å². The molecule has 0 radical (unpaired) electrons. The number of amides is 4. The van der Waals surface area contributed by atoms with E-state index in [0.717, 1.165) is 20.9 Å². The van der Waals surface area contributed by atoms with Crippen LogP contribution >= 0.6 is 0 Å². The van der Waals surface area contributed by atoms with Crippen LogP contribution in [0.15, 0.2) is 60.7 Å². The Kier molecular flexibility index (Phi) is 4.93. The molecule has 0 bridgehead atoms. The third-order valence-corrected chi connectivity index (χ3v) is 4.26. The van der Waals surface area contributed by atoms with Crippen LogP contribution in [0.1, 0.15) is 18.1 Å². The van der Waals surface area contributed by atoms with Gasteiger partial charge in [0.1, 0.15) is 0 Å². The Balaban J connectivity index is 1.93. The van der Waals surface area contributed by atoms with Gasteiger partial charge in [-0.05, 0) is 18.1 Å². The van der Waals surface area contributed by atoms with Crippen molar-refractivity contribution in [3.05, 3.63) is 71.8 Å². The average molecular weight is 350 g/mol. The summed E-state index contributed by atoms with van der Waals surface area (Å²) in [5.74, 6) is -3.56. The molecule has 0 N–H and O–H groups in total. The number of carbonyl (C=O) groups excluding carboxylic acids is 4. The van der Waals surface area contributed by atoms with E-state index in [2.05, 4.69) is 0 Å².